The standard InChI is InChI=1S/C34H24N2/c1-3-11-27(12-4-1)35(28-13-5-2-6-14-28)29-21-19-26-24-30(22-20-25(26)23-29)36-33-17-9-7-15-31(33)32-16-8-10-18-34(32)36/h1-24H. The smallest absolute Gasteiger partial charge is 0.0541 e. The number of rotatable bonds is 4. The van der Waals surface area contributed by atoms with Crippen LogP contribution in [-0.4, -0.2) is 4.57 Å². The van der Waals surface area contributed by atoms with Gasteiger partial charge in [-0.1, -0.05) is 84.9 Å². The summed E-state index contributed by atoms with van der Waals surface area (Å²) < 4.78 is 2.37. The second-order valence-electron chi connectivity index (χ2n) is 9.09. The van der Waals surface area contributed by atoms with E-state index in [9.17, 15) is 0 Å². The van der Waals surface area contributed by atoms with Gasteiger partial charge in [-0.15, -0.1) is 0 Å². The van der Waals surface area contributed by atoms with Gasteiger partial charge < -0.3 is 9.47 Å². The van der Waals surface area contributed by atoms with E-state index in [1.54, 1.807) is 0 Å². The number of hydrogen-bond donors (Lipinski definition) is 0. The lowest BCUT2D eigenvalue weighted by molar-refractivity contribution is 1.19. The lowest BCUT2D eigenvalue weighted by Crippen LogP contribution is -2.09. The first-order valence-corrected chi connectivity index (χ1v) is 12.3. The van der Waals surface area contributed by atoms with E-state index in [-0.39, 0.29) is 0 Å². The number of nitrogens with zero attached hydrogens (tertiary/aromatic N) is 2. The molecule has 0 unspecified atom stereocenters. The van der Waals surface area contributed by atoms with Gasteiger partial charge in [-0.3, -0.25) is 0 Å². The zero-order chi connectivity index (χ0) is 23.9. The van der Waals surface area contributed by atoms with Crippen LogP contribution in [0.5, 0.6) is 0 Å². The van der Waals surface area contributed by atoms with E-state index in [1.165, 1.54) is 38.3 Å². The van der Waals surface area contributed by atoms with Crippen LogP contribution in [-0.2, 0) is 0 Å². The van der Waals surface area contributed by atoms with Gasteiger partial charge in [-0.05, 0) is 71.4 Å². The van der Waals surface area contributed by atoms with Crippen LogP contribution in [0.15, 0.2) is 146 Å². The monoisotopic (exact) mass is 460 g/mol. The molecule has 0 amide bonds. The van der Waals surface area contributed by atoms with Gasteiger partial charge in [0.25, 0.3) is 0 Å². The summed E-state index contributed by atoms with van der Waals surface area (Å²) in [5, 5.41) is 5.00. The Morgan fingerprint density at radius 1 is 0.389 bits per heavy atom. The highest BCUT2D eigenvalue weighted by Gasteiger charge is 2.14. The van der Waals surface area contributed by atoms with Crippen molar-refractivity contribution in [2.75, 3.05) is 4.90 Å². The van der Waals surface area contributed by atoms with Crippen molar-refractivity contribution in [2.24, 2.45) is 0 Å². The quantitative estimate of drug-likeness (QED) is 0.254. The molecule has 0 spiro atoms. The molecule has 0 saturated heterocycles. The maximum absolute atomic E-state index is 2.37. The fraction of sp³-hybridized carbons (Fsp3) is 0. The molecule has 0 radical (unpaired) electrons. The molecular formula is C34H24N2. The molecule has 2 heteroatoms. The second kappa shape index (κ2) is 8.44. The highest BCUT2D eigenvalue weighted by atomic mass is 15.1. The summed E-state index contributed by atoms with van der Waals surface area (Å²) in [6.45, 7) is 0. The summed E-state index contributed by atoms with van der Waals surface area (Å²) in [4.78, 5) is 2.31. The predicted molar refractivity (Wildman–Crippen MR) is 153 cm³/mol. The third-order valence-electron chi connectivity index (χ3n) is 6.93. The van der Waals surface area contributed by atoms with Crippen molar-refractivity contribution in [2.45, 2.75) is 0 Å². The van der Waals surface area contributed by atoms with Gasteiger partial charge in [0.2, 0.25) is 0 Å². The van der Waals surface area contributed by atoms with Crippen LogP contribution in [0.2, 0.25) is 0 Å². The Morgan fingerprint density at radius 2 is 0.889 bits per heavy atom. The van der Waals surface area contributed by atoms with E-state index in [4.69, 9.17) is 0 Å². The Morgan fingerprint density at radius 3 is 1.50 bits per heavy atom. The van der Waals surface area contributed by atoms with E-state index in [2.05, 4.69) is 155 Å². The number of benzene rings is 6. The molecule has 1 aromatic heterocycles. The van der Waals surface area contributed by atoms with Crippen LogP contribution < -0.4 is 4.90 Å². The fourth-order valence-electron chi connectivity index (χ4n) is 5.30. The molecule has 0 atom stereocenters. The lowest BCUT2D eigenvalue weighted by atomic mass is 10.1. The molecule has 7 aromatic rings. The van der Waals surface area contributed by atoms with Crippen LogP contribution in [0.4, 0.5) is 17.1 Å². The maximum Gasteiger partial charge on any atom is 0.0541 e. The topological polar surface area (TPSA) is 8.17 Å². The summed E-state index contributed by atoms with van der Waals surface area (Å²) in [5.41, 5.74) is 7.07. The van der Waals surface area contributed by atoms with Gasteiger partial charge in [0.05, 0.1) is 11.0 Å². The first-order valence-electron chi connectivity index (χ1n) is 12.3. The largest absolute Gasteiger partial charge is 0.310 e. The first kappa shape index (κ1) is 20.5. The second-order valence-corrected chi connectivity index (χ2v) is 9.09. The fourth-order valence-corrected chi connectivity index (χ4v) is 5.30. The van der Waals surface area contributed by atoms with Crippen molar-refractivity contribution in [3.05, 3.63) is 146 Å². The molecule has 0 aliphatic rings. The molecule has 170 valence electrons. The van der Waals surface area contributed by atoms with Crippen molar-refractivity contribution in [1.82, 2.24) is 4.57 Å². The van der Waals surface area contributed by atoms with Crippen LogP contribution in [0.1, 0.15) is 0 Å². The summed E-state index contributed by atoms with van der Waals surface area (Å²) in [5.74, 6) is 0. The third kappa shape index (κ3) is 3.35. The summed E-state index contributed by atoms with van der Waals surface area (Å²) in [7, 11) is 0. The third-order valence-corrected chi connectivity index (χ3v) is 6.93. The van der Waals surface area contributed by atoms with Crippen LogP contribution in [0, 0.1) is 0 Å². The summed E-state index contributed by atoms with van der Waals surface area (Å²) in [6, 6.07) is 51.9. The number of anilines is 3. The average molecular weight is 461 g/mol. The van der Waals surface area contributed by atoms with Crippen molar-refractivity contribution >= 4 is 49.6 Å². The van der Waals surface area contributed by atoms with Crippen molar-refractivity contribution in [1.29, 1.82) is 0 Å². The molecule has 0 aliphatic carbocycles. The van der Waals surface area contributed by atoms with Crippen molar-refractivity contribution < 1.29 is 0 Å². The minimum absolute atomic E-state index is 1.14. The number of fused-ring (bicyclic) bond motifs is 4. The average Bonchev–Trinajstić information content (AvgIpc) is 3.29. The number of hydrogen-bond acceptors (Lipinski definition) is 1. The molecule has 0 saturated carbocycles. The van der Waals surface area contributed by atoms with Crippen molar-refractivity contribution in [3.8, 4) is 5.69 Å². The Hall–Kier alpha value is -4.82. The number of para-hydroxylation sites is 4. The maximum atomic E-state index is 2.37. The zero-order valence-electron chi connectivity index (χ0n) is 19.8. The lowest BCUT2D eigenvalue weighted by Gasteiger charge is -2.25. The van der Waals surface area contributed by atoms with Crippen LogP contribution in [0.3, 0.4) is 0 Å². The molecule has 0 aliphatic heterocycles. The molecule has 0 N–H and O–H groups in total. The zero-order valence-corrected chi connectivity index (χ0v) is 19.8. The Bertz CT molecular complexity index is 1740. The Labute approximate surface area is 210 Å². The summed E-state index contributed by atoms with van der Waals surface area (Å²) in [6.07, 6.45) is 0. The van der Waals surface area contributed by atoms with Gasteiger partial charge in [-0.2, -0.15) is 0 Å². The van der Waals surface area contributed by atoms with Gasteiger partial charge in [0, 0.05) is 33.5 Å². The van der Waals surface area contributed by atoms with Gasteiger partial charge in [0.15, 0.2) is 0 Å². The minimum Gasteiger partial charge on any atom is -0.310 e. The molecule has 0 bridgehead atoms. The molecular weight excluding hydrogens is 436 g/mol. The number of aromatic nitrogens is 1. The van der Waals surface area contributed by atoms with E-state index in [0.717, 1.165) is 17.1 Å². The van der Waals surface area contributed by atoms with E-state index >= 15 is 0 Å². The van der Waals surface area contributed by atoms with Gasteiger partial charge in [-0.25, -0.2) is 0 Å². The molecule has 1 heterocycles. The van der Waals surface area contributed by atoms with E-state index in [0.29, 0.717) is 0 Å². The molecule has 6 aromatic carbocycles. The van der Waals surface area contributed by atoms with Crippen molar-refractivity contribution in [3.63, 3.8) is 0 Å². The molecule has 36 heavy (non-hydrogen) atoms. The highest BCUT2D eigenvalue weighted by Crippen LogP contribution is 2.37. The van der Waals surface area contributed by atoms with Gasteiger partial charge >= 0.3 is 0 Å². The SMILES string of the molecule is c1ccc(N(c2ccccc2)c2ccc3cc(-n4c5ccccc5c5ccccc54)ccc3c2)cc1. The van der Waals surface area contributed by atoms with E-state index in [1.807, 2.05) is 0 Å². The Balaban J connectivity index is 1.38. The molecule has 2 nitrogen and oxygen atoms in total. The van der Waals surface area contributed by atoms with Crippen LogP contribution in [0.25, 0.3) is 38.3 Å². The minimum atomic E-state index is 1.14. The Kier molecular flexibility index (Phi) is 4.82. The molecule has 7 rings (SSSR count). The van der Waals surface area contributed by atoms with Crippen LogP contribution >= 0.6 is 0 Å². The summed E-state index contributed by atoms with van der Waals surface area (Å²) >= 11 is 0. The predicted octanol–water partition coefficient (Wildman–Crippen LogP) is 9.41. The van der Waals surface area contributed by atoms with Gasteiger partial charge in [0.1, 0.15) is 0 Å². The highest BCUT2D eigenvalue weighted by molar-refractivity contribution is 6.09. The first-order chi connectivity index (χ1) is 17.9. The normalized spacial score (nSPS) is 11.3. The van der Waals surface area contributed by atoms with E-state index < -0.39 is 0 Å². The molecule has 0 fully saturated rings.